The van der Waals surface area contributed by atoms with Crippen molar-refractivity contribution >= 4 is 5.69 Å². The van der Waals surface area contributed by atoms with Crippen molar-refractivity contribution in [1.82, 2.24) is 0 Å². The van der Waals surface area contributed by atoms with Crippen LogP contribution in [0.15, 0.2) is 34.7 Å². The molecule has 1 heterocycles. The highest BCUT2D eigenvalue weighted by atomic mass is 19.4. The first-order valence-corrected chi connectivity index (χ1v) is 5.07. The van der Waals surface area contributed by atoms with Crippen LogP contribution in [0, 0.1) is 6.92 Å². The Bertz CT molecular complexity index is 561. The zero-order valence-corrected chi connectivity index (χ0v) is 9.41. The molecule has 0 unspecified atom stereocenters. The molecule has 3 nitrogen and oxygen atoms in total. The summed E-state index contributed by atoms with van der Waals surface area (Å²) < 4.78 is 45.6. The minimum atomic E-state index is -4.77. The maximum atomic E-state index is 12.2. The molecule has 0 bridgehead atoms. The molecule has 96 valence electrons. The van der Waals surface area contributed by atoms with Crippen LogP contribution in [-0.2, 0) is 0 Å². The highest BCUT2D eigenvalue weighted by Crippen LogP contribution is 2.33. The van der Waals surface area contributed by atoms with Gasteiger partial charge in [-0.05, 0) is 37.3 Å². The predicted octanol–water partition coefficient (Wildman–Crippen LogP) is 3.74. The van der Waals surface area contributed by atoms with E-state index in [-0.39, 0.29) is 5.69 Å². The van der Waals surface area contributed by atoms with Crippen molar-refractivity contribution in [1.29, 1.82) is 0 Å². The summed E-state index contributed by atoms with van der Waals surface area (Å²) in [6.45, 7) is 1.74. The summed E-state index contributed by atoms with van der Waals surface area (Å²) in [5.41, 5.74) is 5.81. The van der Waals surface area contributed by atoms with E-state index in [9.17, 15) is 13.2 Å². The third-order valence-electron chi connectivity index (χ3n) is 2.26. The minimum absolute atomic E-state index is 0.0839. The van der Waals surface area contributed by atoms with Crippen LogP contribution in [0.1, 0.15) is 5.76 Å². The van der Waals surface area contributed by atoms with E-state index in [0.29, 0.717) is 17.1 Å². The fourth-order valence-corrected chi connectivity index (χ4v) is 1.49. The van der Waals surface area contributed by atoms with Crippen molar-refractivity contribution in [3.63, 3.8) is 0 Å². The number of anilines is 1. The Labute approximate surface area is 101 Å². The molecule has 0 aliphatic rings. The lowest BCUT2D eigenvalue weighted by molar-refractivity contribution is -0.274. The van der Waals surface area contributed by atoms with Crippen LogP contribution >= 0.6 is 0 Å². The van der Waals surface area contributed by atoms with Crippen LogP contribution < -0.4 is 10.5 Å². The molecule has 0 amide bonds. The molecular weight excluding hydrogens is 247 g/mol. The number of hydrogen-bond donors (Lipinski definition) is 1. The lowest BCUT2D eigenvalue weighted by Gasteiger charge is -2.11. The number of alkyl halides is 3. The number of aryl methyl sites for hydroxylation is 1. The van der Waals surface area contributed by atoms with Gasteiger partial charge >= 0.3 is 6.36 Å². The zero-order valence-electron chi connectivity index (χ0n) is 9.41. The molecule has 2 N–H and O–H groups in total. The van der Waals surface area contributed by atoms with Crippen molar-refractivity contribution in [2.75, 3.05) is 5.73 Å². The number of nitrogens with two attached hydrogens (primary N) is 1. The van der Waals surface area contributed by atoms with Gasteiger partial charge in [0.25, 0.3) is 0 Å². The monoisotopic (exact) mass is 257 g/mol. The number of hydrogen-bond acceptors (Lipinski definition) is 3. The molecule has 2 rings (SSSR count). The number of benzene rings is 1. The van der Waals surface area contributed by atoms with Crippen molar-refractivity contribution in [2.45, 2.75) is 13.3 Å². The SMILES string of the molecule is Cc1ccc(-c2ccc(N)c(OC(F)(F)F)c2)o1. The Hall–Kier alpha value is -2.11. The molecule has 0 fully saturated rings. The van der Waals surface area contributed by atoms with Gasteiger partial charge in [0.2, 0.25) is 0 Å². The molecule has 2 aromatic rings. The van der Waals surface area contributed by atoms with Crippen LogP contribution in [-0.4, -0.2) is 6.36 Å². The Balaban J connectivity index is 2.37. The van der Waals surface area contributed by atoms with Gasteiger partial charge in [0.15, 0.2) is 5.75 Å². The quantitative estimate of drug-likeness (QED) is 0.834. The lowest BCUT2D eigenvalue weighted by atomic mass is 10.1. The van der Waals surface area contributed by atoms with Crippen molar-refractivity contribution < 1.29 is 22.3 Å². The van der Waals surface area contributed by atoms with Gasteiger partial charge in [-0.15, -0.1) is 13.2 Å². The lowest BCUT2D eigenvalue weighted by Crippen LogP contribution is -2.18. The predicted molar refractivity (Wildman–Crippen MR) is 60.0 cm³/mol. The van der Waals surface area contributed by atoms with Gasteiger partial charge in [0.1, 0.15) is 11.5 Å². The average Bonchev–Trinajstić information content (AvgIpc) is 2.66. The summed E-state index contributed by atoms with van der Waals surface area (Å²) in [6, 6.07) is 7.49. The number of furan rings is 1. The van der Waals surface area contributed by atoms with E-state index >= 15 is 0 Å². The van der Waals surface area contributed by atoms with E-state index in [2.05, 4.69) is 4.74 Å². The standard InChI is InChI=1S/C12H10F3NO2/c1-7-2-5-10(17-7)8-3-4-9(16)11(6-8)18-12(13,14)15/h2-6H,16H2,1H3. The molecule has 0 atom stereocenters. The molecule has 0 saturated carbocycles. The average molecular weight is 257 g/mol. The van der Waals surface area contributed by atoms with Gasteiger partial charge in [0, 0.05) is 5.56 Å². The fraction of sp³-hybridized carbons (Fsp3) is 0.167. The summed E-state index contributed by atoms with van der Waals surface area (Å²) >= 11 is 0. The van der Waals surface area contributed by atoms with Crippen LogP contribution in [0.4, 0.5) is 18.9 Å². The van der Waals surface area contributed by atoms with E-state index in [4.69, 9.17) is 10.2 Å². The molecule has 1 aromatic heterocycles. The highest BCUT2D eigenvalue weighted by Gasteiger charge is 2.32. The second-order valence-electron chi connectivity index (χ2n) is 3.71. The maximum Gasteiger partial charge on any atom is 0.573 e. The molecule has 0 aliphatic carbocycles. The molecule has 0 aliphatic heterocycles. The van der Waals surface area contributed by atoms with Gasteiger partial charge < -0.3 is 14.9 Å². The topological polar surface area (TPSA) is 48.4 Å². The van der Waals surface area contributed by atoms with Gasteiger partial charge in [-0.3, -0.25) is 0 Å². The molecule has 1 aromatic carbocycles. The van der Waals surface area contributed by atoms with E-state index in [1.54, 1.807) is 25.1 Å². The maximum absolute atomic E-state index is 12.2. The summed E-state index contributed by atoms with van der Waals surface area (Å²) in [5.74, 6) is 0.689. The van der Waals surface area contributed by atoms with E-state index in [1.165, 1.54) is 12.1 Å². The first-order chi connectivity index (χ1) is 8.35. The van der Waals surface area contributed by atoms with Crippen molar-refractivity contribution in [3.8, 4) is 17.1 Å². The second-order valence-corrected chi connectivity index (χ2v) is 3.71. The molecule has 0 saturated heterocycles. The van der Waals surface area contributed by atoms with Gasteiger partial charge in [-0.25, -0.2) is 0 Å². The van der Waals surface area contributed by atoms with E-state index < -0.39 is 12.1 Å². The molecule has 6 heteroatoms. The van der Waals surface area contributed by atoms with Crippen LogP contribution in [0.2, 0.25) is 0 Å². The summed E-state index contributed by atoms with van der Waals surface area (Å²) in [4.78, 5) is 0. The van der Waals surface area contributed by atoms with E-state index in [1.807, 2.05) is 0 Å². The van der Waals surface area contributed by atoms with Crippen LogP contribution in [0.5, 0.6) is 5.75 Å². The van der Waals surface area contributed by atoms with Crippen LogP contribution in [0.3, 0.4) is 0 Å². The zero-order chi connectivity index (χ0) is 13.3. The molecule has 0 spiro atoms. The number of nitrogen functional groups attached to an aromatic ring is 1. The largest absolute Gasteiger partial charge is 0.573 e. The summed E-state index contributed by atoms with van der Waals surface area (Å²) in [6.07, 6.45) is -4.77. The third-order valence-corrected chi connectivity index (χ3v) is 2.26. The van der Waals surface area contributed by atoms with Crippen molar-refractivity contribution in [2.24, 2.45) is 0 Å². The number of ether oxygens (including phenoxy) is 1. The number of halogens is 3. The Morgan fingerprint density at radius 3 is 2.44 bits per heavy atom. The van der Waals surface area contributed by atoms with Gasteiger partial charge in [-0.2, -0.15) is 0 Å². The summed E-state index contributed by atoms with van der Waals surface area (Å²) in [5, 5.41) is 0. The van der Waals surface area contributed by atoms with Gasteiger partial charge in [-0.1, -0.05) is 0 Å². The Morgan fingerprint density at radius 2 is 1.89 bits per heavy atom. The molecular formula is C12H10F3NO2. The Morgan fingerprint density at radius 1 is 1.17 bits per heavy atom. The molecule has 18 heavy (non-hydrogen) atoms. The summed E-state index contributed by atoms with van der Waals surface area (Å²) in [7, 11) is 0. The first kappa shape index (κ1) is 12.3. The minimum Gasteiger partial charge on any atom is -0.461 e. The van der Waals surface area contributed by atoms with Crippen LogP contribution in [0.25, 0.3) is 11.3 Å². The highest BCUT2D eigenvalue weighted by molar-refractivity contribution is 5.66. The first-order valence-electron chi connectivity index (χ1n) is 5.07. The third kappa shape index (κ3) is 2.77. The normalized spacial score (nSPS) is 11.6. The fourth-order valence-electron chi connectivity index (χ4n) is 1.49. The Kier molecular flexibility index (Phi) is 2.94. The molecule has 0 radical (unpaired) electrons. The second kappa shape index (κ2) is 4.29. The number of rotatable bonds is 2. The van der Waals surface area contributed by atoms with Crippen molar-refractivity contribution in [3.05, 3.63) is 36.1 Å². The van der Waals surface area contributed by atoms with E-state index in [0.717, 1.165) is 0 Å². The smallest absolute Gasteiger partial charge is 0.461 e. The van der Waals surface area contributed by atoms with Gasteiger partial charge in [0.05, 0.1) is 5.69 Å².